The fourth-order valence-corrected chi connectivity index (χ4v) is 3.94. The van der Waals surface area contributed by atoms with E-state index < -0.39 is 0 Å². The van der Waals surface area contributed by atoms with E-state index in [0.717, 1.165) is 54.4 Å². The van der Waals surface area contributed by atoms with E-state index in [1.165, 1.54) is 7.11 Å². The molecule has 1 aliphatic carbocycles. The molecule has 1 aliphatic heterocycles. The zero-order valence-corrected chi connectivity index (χ0v) is 16.0. The molecule has 2 aliphatic rings. The summed E-state index contributed by atoms with van der Waals surface area (Å²) in [6, 6.07) is 5.55. The zero-order chi connectivity index (χ0) is 19.7. The average Bonchev–Trinajstić information content (AvgIpc) is 3.03. The first kappa shape index (κ1) is 18.5. The minimum absolute atomic E-state index is 0.141. The summed E-state index contributed by atoms with van der Waals surface area (Å²) in [6.07, 6.45) is 4.11. The lowest BCUT2D eigenvalue weighted by Crippen LogP contribution is -2.41. The minimum Gasteiger partial charge on any atom is -0.469 e. The molecule has 0 bridgehead atoms. The van der Waals surface area contributed by atoms with Crippen LogP contribution in [0.4, 0.5) is 0 Å². The van der Waals surface area contributed by atoms with Crippen LogP contribution in [0, 0.1) is 5.92 Å². The fourth-order valence-electron chi connectivity index (χ4n) is 3.94. The maximum Gasteiger partial charge on any atom is 0.307 e. The Morgan fingerprint density at radius 3 is 2.82 bits per heavy atom. The number of amides is 2. The van der Waals surface area contributed by atoms with E-state index in [4.69, 9.17) is 0 Å². The molecular weight excluding hydrogens is 358 g/mol. The van der Waals surface area contributed by atoms with Crippen LogP contribution >= 0.6 is 0 Å². The van der Waals surface area contributed by atoms with Gasteiger partial charge in [0, 0.05) is 59.7 Å². The van der Waals surface area contributed by atoms with Gasteiger partial charge in [-0.15, -0.1) is 0 Å². The molecule has 0 saturated heterocycles. The summed E-state index contributed by atoms with van der Waals surface area (Å²) in [5.74, 6) is -0.114. The van der Waals surface area contributed by atoms with Crippen LogP contribution in [-0.2, 0) is 27.3 Å². The van der Waals surface area contributed by atoms with Crippen molar-refractivity contribution in [1.82, 2.24) is 15.2 Å². The second kappa shape index (κ2) is 7.66. The van der Waals surface area contributed by atoms with Crippen LogP contribution in [0.25, 0.3) is 10.9 Å². The quantitative estimate of drug-likeness (QED) is 0.774. The highest BCUT2D eigenvalue weighted by Crippen LogP contribution is 2.33. The van der Waals surface area contributed by atoms with E-state index in [0.29, 0.717) is 12.1 Å². The number of aromatic nitrogens is 1. The number of hydrogen-bond donors (Lipinski definition) is 2. The third kappa shape index (κ3) is 3.48. The van der Waals surface area contributed by atoms with Crippen LogP contribution in [0.15, 0.2) is 18.2 Å². The predicted molar refractivity (Wildman–Crippen MR) is 104 cm³/mol. The van der Waals surface area contributed by atoms with Gasteiger partial charge in [0.1, 0.15) is 0 Å². The van der Waals surface area contributed by atoms with Crippen LogP contribution in [0.1, 0.15) is 47.3 Å². The molecule has 2 N–H and O–H groups in total. The number of methoxy groups -OCH3 is 1. The number of aromatic amines is 1. The Morgan fingerprint density at radius 1 is 1.29 bits per heavy atom. The number of benzene rings is 1. The number of nitrogens with zero attached hydrogens (tertiary/aromatic N) is 1. The van der Waals surface area contributed by atoms with Crippen LogP contribution in [0.5, 0.6) is 0 Å². The first-order valence-electron chi connectivity index (χ1n) is 9.84. The number of ether oxygens (including phenoxy) is 1. The number of nitrogens with one attached hydrogen (secondary N) is 2. The molecule has 0 spiro atoms. The highest BCUT2D eigenvalue weighted by molar-refractivity contribution is 5.99. The van der Waals surface area contributed by atoms with Gasteiger partial charge in [0.2, 0.25) is 5.91 Å². The van der Waals surface area contributed by atoms with Gasteiger partial charge in [-0.25, -0.2) is 0 Å². The Bertz CT molecular complexity index is 929. The minimum atomic E-state index is -0.355. The maximum atomic E-state index is 12.6. The smallest absolute Gasteiger partial charge is 0.307 e. The molecule has 0 atom stereocenters. The largest absolute Gasteiger partial charge is 0.469 e. The molecule has 1 aromatic carbocycles. The Morgan fingerprint density at radius 2 is 2.11 bits per heavy atom. The van der Waals surface area contributed by atoms with Gasteiger partial charge < -0.3 is 19.9 Å². The lowest BCUT2D eigenvalue weighted by Gasteiger charge is -2.34. The van der Waals surface area contributed by atoms with E-state index in [1.807, 2.05) is 17.0 Å². The first-order valence-corrected chi connectivity index (χ1v) is 9.84. The molecule has 148 valence electrons. The van der Waals surface area contributed by atoms with E-state index in [-0.39, 0.29) is 36.7 Å². The molecule has 1 fully saturated rings. The summed E-state index contributed by atoms with van der Waals surface area (Å²) in [7, 11) is 1.33. The standard InChI is InChI=1S/C21H25N3O4/c1-28-19(25)7-9-22-20(26)14-5-6-17-15(11-14)16-12-24(10-8-18(16)23-17)21(27)13-3-2-4-13/h5-6,11,13,23H,2-4,7-10,12H2,1H3,(H,22,26). The lowest BCUT2D eigenvalue weighted by atomic mass is 9.84. The Labute approximate surface area is 163 Å². The van der Waals surface area contributed by atoms with Crippen molar-refractivity contribution in [2.24, 2.45) is 5.92 Å². The Kier molecular flexibility index (Phi) is 5.07. The summed E-state index contributed by atoms with van der Waals surface area (Å²) >= 11 is 0. The molecule has 0 unspecified atom stereocenters. The van der Waals surface area contributed by atoms with Gasteiger partial charge in [-0.05, 0) is 31.0 Å². The monoisotopic (exact) mass is 383 g/mol. The van der Waals surface area contributed by atoms with Crippen molar-refractivity contribution in [3.63, 3.8) is 0 Å². The molecule has 2 amide bonds. The number of carbonyl (C=O) groups is 3. The lowest BCUT2D eigenvalue weighted by molar-refractivity contribution is -0.140. The SMILES string of the molecule is COC(=O)CCNC(=O)c1ccc2[nH]c3c(c2c1)CN(C(=O)C1CCC1)CC3. The van der Waals surface area contributed by atoms with Gasteiger partial charge >= 0.3 is 5.97 Å². The Hall–Kier alpha value is -2.83. The second-order valence-electron chi connectivity index (χ2n) is 7.56. The second-order valence-corrected chi connectivity index (χ2v) is 7.56. The van der Waals surface area contributed by atoms with Gasteiger partial charge in [0.25, 0.3) is 5.91 Å². The third-order valence-electron chi connectivity index (χ3n) is 5.85. The predicted octanol–water partition coefficient (Wildman–Crippen LogP) is 2.15. The maximum absolute atomic E-state index is 12.6. The first-order chi connectivity index (χ1) is 13.6. The molecule has 2 aromatic rings. The summed E-state index contributed by atoms with van der Waals surface area (Å²) in [4.78, 5) is 41.6. The van der Waals surface area contributed by atoms with Crippen molar-refractivity contribution < 1.29 is 19.1 Å². The van der Waals surface area contributed by atoms with Gasteiger partial charge in [-0.2, -0.15) is 0 Å². The van der Waals surface area contributed by atoms with Crippen LogP contribution in [-0.4, -0.2) is 47.9 Å². The number of rotatable bonds is 5. The summed E-state index contributed by atoms with van der Waals surface area (Å²) in [6.45, 7) is 1.58. The summed E-state index contributed by atoms with van der Waals surface area (Å²) in [5, 5.41) is 3.73. The normalized spacial score (nSPS) is 16.4. The fraction of sp³-hybridized carbons (Fsp3) is 0.476. The van der Waals surface area contributed by atoms with Gasteiger partial charge in [0.15, 0.2) is 0 Å². The summed E-state index contributed by atoms with van der Waals surface area (Å²) in [5.41, 5.74) is 3.78. The third-order valence-corrected chi connectivity index (χ3v) is 5.85. The van der Waals surface area contributed by atoms with E-state index in [9.17, 15) is 14.4 Å². The number of carbonyl (C=O) groups excluding carboxylic acids is 3. The average molecular weight is 383 g/mol. The van der Waals surface area contributed by atoms with Crippen LogP contribution < -0.4 is 5.32 Å². The van der Waals surface area contributed by atoms with Gasteiger partial charge in [-0.3, -0.25) is 14.4 Å². The van der Waals surface area contributed by atoms with E-state index in [1.54, 1.807) is 6.07 Å². The van der Waals surface area contributed by atoms with Gasteiger partial charge in [0.05, 0.1) is 13.5 Å². The number of hydrogen-bond acceptors (Lipinski definition) is 4. The van der Waals surface area contributed by atoms with Crippen molar-refractivity contribution in [3.05, 3.63) is 35.0 Å². The molecule has 28 heavy (non-hydrogen) atoms. The molecule has 2 heterocycles. The number of H-pyrrole nitrogens is 1. The van der Waals surface area contributed by atoms with Crippen molar-refractivity contribution in [2.75, 3.05) is 20.2 Å². The van der Waals surface area contributed by atoms with Crippen molar-refractivity contribution in [3.8, 4) is 0 Å². The van der Waals surface area contributed by atoms with Crippen molar-refractivity contribution in [2.45, 2.75) is 38.6 Å². The molecule has 1 saturated carbocycles. The van der Waals surface area contributed by atoms with Crippen molar-refractivity contribution in [1.29, 1.82) is 0 Å². The topological polar surface area (TPSA) is 91.5 Å². The highest BCUT2D eigenvalue weighted by atomic mass is 16.5. The molecule has 1 aromatic heterocycles. The van der Waals surface area contributed by atoms with Crippen LogP contribution in [0.3, 0.4) is 0 Å². The molecular formula is C21H25N3O4. The molecule has 7 nitrogen and oxygen atoms in total. The van der Waals surface area contributed by atoms with E-state index in [2.05, 4.69) is 15.0 Å². The highest BCUT2D eigenvalue weighted by Gasteiger charge is 2.32. The Balaban J connectivity index is 1.51. The molecule has 4 rings (SSSR count). The zero-order valence-electron chi connectivity index (χ0n) is 16.0. The van der Waals surface area contributed by atoms with Crippen molar-refractivity contribution >= 4 is 28.7 Å². The molecule has 0 radical (unpaired) electrons. The van der Waals surface area contributed by atoms with Crippen LogP contribution in [0.2, 0.25) is 0 Å². The number of fused-ring (bicyclic) bond motifs is 3. The number of esters is 1. The van der Waals surface area contributed by atoms with E-state index >= 15 is 0 Å². The summed E-state index contributed by atoms with van der Waals surface area (Å²) < 4.78 is 4.58. The molecule has 7 heteroatoms. The van der Waals surface area contributed by atoms with Gasteiger partial charge in [-0.1, -0.05) is 6.42 Å².